The summed E-state index contributed by atoms with van der Waals surface area (Å²) in [4.78, 5) is 12.2. The van der Waals surface area contributed by atoms with Gasteiger partial charge in [0, 0.05) is 17.1 Å². The zero-order valence-electron chi connectivity index (χ0n) is 14.6. The Hall–Kier alpha value is -2.25. The smallest absolute Gasteiger partial charge is 0.251 e. The second-order valence-electron chi connectivity index (χ2n) is 5.50. The van der Waals surface area contributed by atoms with E-state index in [1.54, 1.807) is 48.5 Å². The molecule has 26 heavy (non-hydrogen) atoms. The molecule has 0 spiro atoms. The topological polar surface area (TPSA) is 75.7 Å². The van der Waals surface area contributed by atoms with Crippen LogP contribution in [0, 0.1) is 0 Å². The molecule has 0 bridgehead atoms. The fourth-order valence-electron chi connectivity index (χ4n) is 2.41. The van der Waals surface area contributed by atoms with E-state index >= 15 is 0 Å². The average Bonchev–Trinajstić information content (AvgIpc) is 2.58. The van der Waals surface area contributed by atoms with Crippen LogP contribution in [-0.2, 0) is 10.0 Å². The van der Waals surface area contributed by atoms with Crippen molar-refractivity contribution >= 4 is 33.2 Å². The van der Waals surface area contributed by atoms with Gasteiger partial charge in [-0.05, 0) is 37.3 Å². The Morgan fingerprint density at radius 2 is 1.92 bits per heavy atom. The van der Waals surface area contributed by atoms with Crippen molar-refractivity contribution in [1.82, 2.24) is 5.32 Å². The van der Waals surface area contributed by atoms with Gasteiger partial charge in [-0.1, -0.05) is 29.8 Å². The molecule has 1 N–H and O–H groups in total. The number of carbonyl (C=O) groups excluding carboxylic acids is 1. The molecule has 0 aliphatic heterocycles. The van der Waals surface area contributed by atoms with Crippen LogP contribution in [0.25, 0.3) is 0 Å². The monoisotopic (exact) mass is 396 g/mol. The third kappa shape index (κ3) is 5.37. The molecule has 0 aromatic heterocycles. The minimum absolute atomic E-state index is 0.0786. The van der Waals surface area contributed by atoms with E-state index in [1.807, 2.05) is 6.92 Å². The SMILES string of the molecule is CCOc1ccccc1N(CCNC(=O)c1cccc(Cl)c1)S(C)(=O)=O. The molecule has 2 aromatic rings. The summed E-state index contributed by atoms with van der Waals surface area (Å²) in [5.74, 6) is 0.153. The average molecular weight is 397 g/mol. The fraction of sp³-hybridized carbons (Fsp3) is 0.278. The molecule has 0 radical (unpaired) electrons. The number of para-hydroxylation sites is 2. The quantitative estimate of drug-likeness (QED) is 0.744. The number of anilines is 1. The van der Waals surface area contributed by atoms with Crippen molar-refractivity contribution in [3.63, 3.8) is 0 Å². The van der Waals surface area contributed by atoms with Crippen LogP contribution in [0.1, 0.15) is 17.3 Å². The molecule has 0 atom stereocenters. The van der Waals surface area contributed by atoms with E-state index < -0.39 is 10.0 Å². The van der Waals surface area contributed by atoms with Crippen molar-refractivity contribution in [3.05, 3.63) is 59.1 Å². The summed E-state index contributed by atoms with van der Waals surface area (Å²) in [5, 5.41) is 3.16. The number of ether oxygens (including phenoxy) is 1. The number of amides is 1. The lowest BCUT2D eigenvalue weighted by Gasteiger charge is -2.24. The molecule has 0 aliphatic rings. The Morgan fingerprint density at radius 3 is 2.58 bits per heavy atom. The van der Waals surface area contributed by atoms with Gasteiger partial charge in [-0.25, -0.2) is 8.42 Å². The van der Waals surface area contributed by atoms with Crippen molar-refractivity contribution in [2.24, 2.45) is 0 Å². The van der Waals surface area contributed by atoms with Gasteiger partial charge >= 0.3 is 0 Å². The van der Waals surface area contributed by atoms with Crippen LogP contribution in [-0.4, -0.2) is 40.3 Å². The van der Waals surface area contributed by atoms with Gasteiger partial charge in [0.2, 0.25) is 10.0 Å². The van der Waals surface area contributed by atoms with Gasteiger partial charge in [-0.3, -0.25) is 9.10 Å². The van der Waals surface area contributed by atoms with E-state index in [2.05, 4.69) is 5.32 Å². The maximum absolute atomic E-state index is 12.2. The van der Waals surface area contributed by atoms with Crippen LogP contribution < -0.4 is 14.4 Å². The molecule has 1 amide bonds. The number of hydrogen-bond acceptors (Lipinski definition) is 4. The summed E-state index contributed by atoms with van der Waals surface area (Å²) in [6.45, 7) is 2.46. The highest BCUT2D eigenvalue weighted by atomic mass is 35.5. The minimum atomic E-state index is -3.55. The molecule has 6 nitrogen and oxygen atoms in total. The molecule has 0 heterocycles. The number of carbonyl (C=O) groups is 1. The summed E-state index contributed by atoms with van der Waals surface area (Å²) in [7, 11) is -3.55. The lowest BCUT2D eigenvalue weighted by molar-refractivity contribution is 0.0955. The predicted molar refractivity (Wildman–Crippen MR) is 104 cm³/mol. The highest BCUT2D eigenvalue weighted by Gasteiger charge is 2.21. The number of nitrogens with zero attached hydrogens (tertiary/aromatic N) is 1. The standard InChI is InChI=1S/C18H21ClN2O4S/c1-3-25-17-10-5-4-9-16(17)21(26(2,23)24)12-11-20-18(22)14-7-6-8-15(19)13-14/h4-10,13H,3,11-12H2,1-2H3,(H,20,22). The van der Waals surface area contributed by atoms with Gasteiger partial charge in [0.1, 0.15) is 5.75 Å². The number of halogens is 1. The van der Waals surface area contributed by atoms with Gasteiger partial charge in [0.25, 0.3) is 5.91 Å². The largest absolute Gasteiger partial charge is 0.492 e. The van der Waals surface area contributed by atoms with Crippen molar-refractivity contribution in [2.75, 3.05) is 30.3 Å². The van der Waals surface area contributed by atoms with Crippen molar-refractivity contribution in [2.45, 2.75) is 6.92 Å². The van der Waals surface area contributed by atoms with E-state index in [4.69, 9.17) is 16.3 Å². The summed E-state index contributed by atoms with van der Waals surface area (Å²) in [5.41, 5.74) is 0.854. The molecule has 0 saturated heterocycles. The molecule has 2 rings (SSSR count). The van der Waals surface area contributed by atoms with Crippen LogP contribution >= 0.6 is 11.6 Å². The zero-order chi connectivity index (χ0) is 19.2. The minimum Gasteiger partial charge on any atom is -0.492 e. The van der Waals surface area contributed by atoms with Crippen molar-refractivity contribution < 1.29 is 17.9 Å². The molecule has 0 unspecified atom stereocenters. The van der Waals surface area contributed by atoms with Gasteiger partial charge in [-0.15, -0.1) is 0 Å². The first-order valence-corrected chi connectivity index (χ1v) is 10.3. The van der Waals surface area contributed by atoms with Crippen molar-refractivity contribution in [1.29, 1.82) is 0 Å². The molecule has 0 aliphatic carbocycles. The van der Waals surface area contributed by atoms with E-state index in [-0.39, 0.29) is 19.0 Å². The summed E-state index contributed by atoms with van der Waals surface area (Å²) >= 11 is 5.88. The van der Waals surface area contributed by atoms with E-state index in [0.29, 0.717) is 28.6 Å². The fourth-order valence-corrected chi connectivity index (χ4v) is 3.53. The lowest BCUT2D eigenvalue weighted by atomic mass is 10.2. The summed E-state index contributed by atoms with van der Waals surface area (Å²) in [6.07, 6.45) is 1.12. The highest BCUT2D eigenvalue weighted by molar-refractivity contribution is 7.92. The maximum Gasteiger partial charge on any atom is 0.251 e. The Bertz CT molecular complexity index is 871. The maximum atomic E-state index is 12.2. The molecule has 2 aromatic carbocycles. The van der Waals surface area contributed by atoms with Crippen LogP contribution in [0.5, 0.6) is 5.75 Å². The number of rotatable bonds is 8. The lowest BCUT2D eigenvalue weighted by Crippen LogP contribution is -2.38. The van der Waals surface area contributed by atoms with Crippen molar-refractivity contribution in [3.8, 4) is 5.75 Å². The number of nitrogens with one attached hydrogen (secondary N) is 1. The Balaban J connectivity index is 2.12. The molecule has 140 valence electrons. The first-order chi connectivity index (χ1) is 12.3. The Labute approximate surface area is 158 Å². The third-order valence-corrected chi connectivity index (χ3v) is 4.94. The van der Waals surface area contributed by atoms with E-state index in [1.165, 1.54) is 4.31 Å². The molecule has 0 saturated carbocycles. The van der Waals surface area contributed by atoms with Crippen LogP contribution in [0.3, 0.4) is 0 Å². The number of benzene rings is 2. The molecular weight excluding hydrogens is 376 g/mol. The Morgan fingerprint density at radius 1 is 1.19 bits per heavy atom. The van der Waals surface area contributed by atoms with Gasteiger partial charge < -0.3 is 10.1 Å². The summed E-state index contributed by atoms with van der Waals surface area (Å²) < 4.78 is 31.2. The Kier molecular flexibility index (Phi) is 6.88. The van der Waals surface area contributed by atoms with Crippen LogP contribution in [0.2, 0.25) is 5.02 Å². The second-order valence-corrected chi connectivity index (χ2v) is 7.85. The first-order valence-electron chi connectivity index (χ1n) is 8.06. The highest BCUT2D eigenvalue weighted by Crippen LogP contribution is 2.29. The van der Waals surface area contributed by atoms with Crippen LogP contribution in [0.15, 0.2) is 48.5 Å². The predicted octanol–water partition coefficient (Wildman–Crippen LogP) is 2.93. The summed E-state index contributed by atoms with van der Waals surface area (Å²) in [6, 6.07) is 13.4. The van der Waals surface area contributed by atoms with Gasteiger partial charge in [-0.2, -0.15) is 0 Å². The number of sulfonamides is 1. The molecular formula is C18H21ClN2O4S. The van der Waals surface area contributed by atoms with Crippen LogP contribution in [0.4, 0.5) is 5.69 Å². The van der Waals surface area contributed by atoms with Gasteiger partial charge in [0.05, 0.1) is 25.1 Å². The first kappa shape index (κ1) is 20.1. The molecule has 0 fully saturated rings. The normalized spacial score (nSPS) is 11.0. The van der Waals surface area contributed by atoms with E-state index in [9.17, 15) is 13.2 Å². The second kappa shape index (κ2) is 8.91. The third-order valence-electron chi connectivity index (χ3n) is 3.52. The molecule has 8 heteroatoms. The number of hydrogen-bond donors (Lipinski definition) is 1. The van der Waals surface area contributed by atoms with Gasteiger partial charge in [0.15, 0.2) is 0 Å². The zero-order valence-corrected chi connectivity index (χ0v) is 16.2. The van der Waals surface area contributed by atoms with E-state index in [0.717, 1.165) is 6.26 Å².